The molecule has 0 bridgehead atoms. The smallest absolute Gasteiger partial charge is 0.245 e. The molecule has 6 nitrogen and oxygen atoms in total. The normalized spacial score (nSPS) is 20.1. The van der Waals surface area contributed by atoms with Crippen LogP contribution in [0.1, 0.15) is 31.9 Å². The van der Waals surface area contributed by atoms with E-state index in [2.05, 4.69) is 10.3 Å². The number of carbonyl (C=O) groups is 1. The van der Waals surface area contributed by atoms with Gasteiger partial charge in [0.25, 0.3) is 0 Å². The second-order valence-electron chi connectivity index (χ2n) is 5.20. The number of anilines is 1. The molecule has 1 amide bonds. The zero-order valence-electron chi connectivity index (χ0n) is 12.6. The van der Waals surface area contributed by atoms with Gasteiger partial charge in [-0.3, -0.25) is 4.79 Å². The van der Waals surface area contributed by atoms with Crippen molar-refractivity contribution in [1.82, 2.24) is 10.3 Å². The summed E-state index contributed by atoms with van der Waals surface area (Å²) in [5.41, 5.74) is 0.763. The molecule has 1 aromatic heterocycles. The summed E-state index contributed by atoms with van der Waals surface area (Å²) in [6.07, 6.45) is 2.01. The van der Waals surface area contributed by atoms with Gasteiger partial charge >= 0.3 is 0 Å². The van der Waals surface area contributed by atoms with Crippen LogP contribution in [0.4, 0.5) is 5.82 Å². The van der Waals surface area contributed by atoms with Crippen molar-refractivity contribution in [2.75, 3.05) is 31.2 Å². The quantitative estimate of drug-likeness (QED) is 0.842. The first-order valence-corrected chi connectivity index (χ1v) is 7.39. The van der Waals surface area contributed by atoms with E-state index in [0.29, 0.717) is 26.3 Å². The van der Waals surface area contributed by atoms with Gasteiger partial charge in [-0.05, 0) is 25.0 Å². The van der Waals surface area contributed by atoms with Gasteiger partial charge in [-0.15, -0.1) is 0 Å². The minimum absolute atomic E-state index is 0.0297. The Bertz CT molecular complexity index is 462. The summed E-state index contributed by atoms with van der Waals surface area (Å²) in [4.78, 5) is 18.5. The maximum atomic E-state index is 12.2. The van der Waals surface area contributed by atoms with Crippen LogP contribution in [0.5, 0.6) is 0 Å². The molecule has 6 heteroatoms. The summed E-state index contributed by atoms with van der Waals surface area (Å²) < 4.78 is 5.43. The van der Waals surface area contributed by atoms with Gasteiger partial charge in [-0.1, -0.05) is 13.0 Å². The Balaban J connectivity index is 2.12. The molecular formula is C15H23N3O3. The van der Waals surface area contributed by atoms with E-state index in [-0.39, 0.29) is 11.9 Å². The number of carbonyl (C=O) groups excluding carboxylic acids is 1. The van der Waals surface area contributed by atoms with Crippen LogP contribution in [-0.4, -0.2) is 48.3 Å². The second-order valence-corrected chi connectivity index (χ2v) is 5.20. The maximum absolute atomic E-state index is 12.2. The highest BCUT2D eigenvalue weighted by molar-refractivity contribution is 5.85. The van der Waals surface area contributed by atoms with E-state index >= 15 is 0 Å². The Morgan fingerprint density at radius 2 is 2.43 bits per heavy atom. The first-order chi connectivity index (χ1) is 10.1. The Labute approximate surface area is 125 Å². The lowest BCUT2D eigenvalue weighted by Gasteiger charge is -2.35. The molecule has 2 heterocycles. The molecule has 1 aliphatic rings. The highest BCUT2D eigenvalue weighted by Crippen LogP contribution is 2.20. The number of ether oxygens (including phenoxy) is 1. The molecule has 1 saturated heterocycles. The number of rotatable bonds is 5. The van der Waals surface area contributed by atoms with Crippen LogP contribution < -0.4 is 10.2 Å². The average molecular weight is 293 g/mol. The number of hydrogen-bond acceptors (Lipinski definition) is 5. The zero-order chi connectivity index (χ0) is 15.2. The number of nitrogens with one attached hydrogen (secondary N) is 1. The second kappa shape index (κ2) is 7.38. The lowest BCUT2D eigenvalue weighted by molar-refractivity contribution is -0.124. The van der Waals surface area contributed by atoms with Gasteiger partial charge in [-0.2, -0.15) is 0 Å². The summed E-state index contributed by atoms with van der Waals surface area (Å²) in [6.45, 7) is 5.97. The average Bonchev–Trinajstić information content (AvgIpc) is 2.52. The SMILES string of the molecule is CCCNC(=O)C1COCCN1c1ccc([C@@H](C)O)cn1. The van der Waals surface area contributed by atoms with Crippen LogP contribution >= 0.6 is 0 Å². The molecule has 21 heavy (non-hydrogen) atoms. The van der Waals surface area contributed by atoms with Crippen molar-refractivity contribution in [2.45, 2.75) is 32.4 Å². The number of nitrogens with zero attached hydrogens (tertiary/aromatic N) is 2. The number of pyridine rings is 1. The van der Waals surface area contributed by atoms with Crippen LogP contribution in [0.3, 0.4) is 0 Å². The first-order valence-electron chi connectivity index (χ1n) is 7.39. The number of amides is 1. The van der Waals surface area contributed by atoms with Crippen molar-refractivity contribution in [3.8, 4) is 0 Å². The van der Waals surface area contributed by atoms with Gasteiger partial charge in [0.15, 0.2) is 0 Å². The molecule has 2 N–H and O–H groups in total. The van der Waals surface area contributed by atoms with Crippen molar-refractivity contribution in [3.63, 3.8) is 0 Å². The third-order valence-electron chi connectivity index (χ3n) is 3.53. The van der Waals surface area contributed by atoms with Crippen LogP contribution in [0.15, 0.2) is 18.3 Å². The Hall–Kier alpha value is -1.66. The fourth-order valence-corrected chi connectivity index (χ4v) is 2.28. The van der Waals surface area contributed by atoms with Gasteiger partial charge in [0.2, 0.25) is 5.91 Å². The Morgan fingerprint density at radius 3 is 3.05 bits per heavy atom. The minimum Gasteiger partial charge on any atom is -0.389 e. The molecule has 0 spiro atoms. The number of aliphatic hydroxyl groups excluding tert-OH is 1. The predicted octanol–water partition coefficient (Wildman–Crippen LogP) is 0.866. The number of aromatic nitrogens is 1. The van der Waals surface area contributed by atoms with Gasteiger partial charge < -0.3 is 20.1 Å². The summed E-state index contributed by atoms with van der Waals surface area (Å²) >= 11 is 0. The molecule has 1 fully saturated rings. The fraction of sp³-hybridized carbons (Fsp3) is 0.600. The molecular weight excluding hydrogens is 270 g/mol. The fourth-order valence-electron chi connectivity index (χ4n) is 2.28. The van der Waals surface area contributed by atoms with Crippen molar-refractivity contribution < 1.29 is 14.6 Å². The standard InChI is InChI=1S/C15H23N3O3/c1-3-6-16-15(20)13-10-21-8-7-18(13)14-5-4-12(9-17-14)11(2)19/h4-5,9,11,13,19H,3,6-8,10H2,1-2H3,(H,16,20)/t11-,13?/m1/s1. The minimum atomic E-state index is -0.542. The molecule has 2 rings (SSSR count). The van der Waals surface area contributed by atoms with E-state index in [1.54, 1.807) is 13.1 Å². The van der Waals surface area contributed by atoms with Crippen LogP contribution in [-0.2, 0) is 9.53 Å². The third-order valence-corrected chi connectivity index (χ3v) is 3.53. The summed E-state index contributed by atoms with van der Waals surface area (Å²) in [5.74, 6) is 0.706. The van der Waals surface area contributed by atoms with Crippen molar-refractivity contribution in [1.29, 1.82) is 0 Å². The van der Waals surface area contributed by atoms with Crippen molar-refractivity contribution in [2.24, 2.45) is 0 Å². The van der Waals surface area contributed by atoms with Gasteiger partial charge in [0.1, 0.15) is 11.9 Å². The summed E-state index contributed by atoms with van der Waals surface area (Å²) in [6, 6.07) is 3.33. The predicted molar refractivity (Wildman–Crippen MR) is 80.1 cm³/mol. The van der Waals surface area contributed by atoms with Gasteiger partial charge in [0.05, 0.1) is 19.3 Å². The lowest BCUT2D eigenvalue weighted by Crippen LogP contribution is -2.54. The molecule has 2 atom stereocenters. The zero-order valence-corrected chi connectivity index (χ0v) is 12.6. The third kappa shape index (κ3) is 3.92. The molecule has 116 valence electrons. The number of aliphatic hydroxyl groups is 1. The van der Waals surface area contributed by atoms with E-state index in [0.717, 1.165) is 17.8 Å². The molecule has 1 aromatic rings. The van der Waals surface area contributed by atoms with Crippen LogP contribution in [0.25, 0.3) is 0 Å². The van der Waals surface area contributed by atoms with E-state index in [4.69, 9.17) is 4.74 Å². The summed E-state index contributed by atoms with van der Waals surface area (Å²) in [5, 5.41) is 12.4. The van der Waals surface area contributed by atoms with Crippen molar-refractivity contribution in [3.05, 3.63) is 23.9 Å². The highest BCUT2D eigenvalue weighted by Gasteiger charge is 2.30. The van der Waals surface area contributed by atoms with E-state index in [1.807, 2.05) is 24.0 Å². The molecule has 1 unspecified atom stereocenters. The van der Waals surface area contributed by atoms with Gasteiger partial charge in [0, 0.05) is 19.3 Å². The lowest BCUT2D eigenvalue weighted by atomic mass is 10.1. The molecule has 0 aliphatic carbocycles. The largest absolute Gasteiger partial charge is 0.389 e. The van der Waals surface area contributed by atoms with E-state index in [1.165, 1.54) is 0 Å². The number of morpholine rings is 1. The maximum Gasteiger partial charge on any atom is 0.245 e. The molecule has 0 radical (unpaired) electrons. The van der Waals surface area contributed by atoms with Gasteiger partial charge in [-0.25, -0.2) is 4.98 Å². The van der Waals surface area contributed by atoms with E-state index in [9.17, 15) is 9.90 Å². The monoisotopic (exact) mass is 293 g/mol. The topological polar surface area (TPSA) is 74.7 Å². The Morgan fingerprint density at radius 1 is 1.62 bits per heavy atom. The summed E-state index contributed by atoms with van der Waals surface area (Å²) in [7, 11) is 0. The van der Waals surface area contributed by atoms with Crippen LogP contribution in [0.2, 0.25) is 0 Å². The molecule has 0 saturated carbocycles. The van der Waals surface area contributed by atoms with Crippen molar-refractivity contribution >= 4 is 11.7 Å². The first kappa shape index (κ1) is 15.7. The molecule has 1 aliphatic heterocycles. The van der Waals surface area contributed by atoms with E-state index < -0.39 is 6.10 Å². The number of hydrogen-bond donors (Lipinski definition) is 2. The Kier molecular flexibility index (Phi) is 5.52. The molecule has 0 aromatic carbocycles. The highest BCUT2D eigenvalue weighted by atomic mass is 16.5. The van der Waals surface area contributed by atoms with Crippen LogP contribution in [0, 0.1) is 0 Å².